The molecular formula is C14H19F2IN6. The molecule has 0 saturated heterocycles. The zero-order valence-electron chi connectivity index (χ0n) is 12.9. The maximum absolute atomic E-state index is 13.6. The van der Waals surface area contributed by atoms with Gasteiger partial charge in [0.2, 0.25) is 0 Å². The maximum atomic E-state index is 13.6. The quantitative estimate of drug-likeness (QED) is 0.428. The Bertz CT molecular complexity index is 658. The fourth-order valence-corrected chi connectivity index (χ4v) is 1.80. The summed E-state index contributed by atoms with van der Waals surface area (Å²) in [5, 5.41) is 13.8. The molecule has 126 valence electrons. The molecule has 0 aliphatic rings. The number of nitrogens with zero attached hydrogens (tertiary/aromatic N) is 4. The van der Waals surface area contributed by atoms with Crippen molar-refractivity contribution in [3.63, 3.8) is 0 Å². The summed E-state index contributed by atoms with van der Waals surface area (Å²) in [5.41, 5.74) is 0.205. The Labute approximate surface area is 150 Å². The molecule has 9 heteroatoms. The van der Waals surface area contributed by atoms with Crippen LogP contribution < -0.4 is 10.6 Å². The van der Waals surface area contributed by atoms with Crippen molar-refractivity contribution in [3.8, 4) is 0 Å². The lowest BCUT2D eigenvalue weighted by molar-refractivity contribution is 0.585. The molecule has 6 nitrogen and oxygen atoms in total. The molecule has 23 heavy (non-hydrogen) atoms. The van der Waals surface area contributed by atoms with Crippen LogP contribution in [0.15, 0.2) is 29.5 Å². The average molecular weight is 436 g/mol. The van der Waals surface area contributed by atoms with E-state index in [2.05, 4.69) is 25.8 Å². The molecule has 0 radical (unpaired) electrons. The van der Waals surface area contributed by atoms with Gasteiger partial charge in [0.05, 0.1) is 13.1 Å². The van der Waals surface area contributed by atoms with Crippen LogP contribution in [0, 0.1) is 11.6 Å². The summed E-state index contributed by atoms with van der Waals surface area (Å²) in [5.74, 6) is 0.273. The van der Waals surface area contributed by atoms with Gasteiger partial charge in [0.1, 0.15) is 18.0 Å². The van der Waals surface area contributed by atoms with E-state index in [1.165, 1.54) is 0 Å². The highest BCUT2D eigenvalue weighted by molar-refractivity contribution is 14.0. The number of aromatic nitrogens is 3. The van der Waals surface area contributed by atoms with Crippen molar-refractivity contribution in [1.82, 2.24) is 25.4 Å². The van der Waals surface area contributed by atoms with E-state index in [-0.39, 0.29) is 36.1 Å². The Morgan fingerprint density at radius 2 is 2.09 bits per heavy atom. The predicted octanol–water partition coefficient (Wildman–Crippen LogP) is 1.97. The molecule has 2 rings (SSSR count). The Morgan fingerprint density at radius 3 is 2.74 bits per heavy atom. The number of guanidine groups is 1. The molecule has 0 amide bonds. The second-order valence-electron chi connectivity index (χ2n) is 4.64. The van der Waals surface area contributed by atoms with Gasteiger partial charge in [0, 0.05) is 19.2 Å². The lowest BCUT2D eigenvalue weighted by Crippen LogP contribution is -2.37. The Balaban J connectivity index is 0.00000264. The molecule has 0 spiro atoms. The molecule has 0 atom stereocenters. The average Bonchev–Trinajstić information content (AvgIpc) is 2.90. The van der Waals surface area contributed by atoms with Crippen LogP contribution in [-0.2, 0) is 20.1 Å². The lowest BCUT2D eigenvalue weighted by Gasteiger charge is -2.11. The zero-order valence-corrected chi connectivity index (χ0v) is 15.2. The molecule has 2 N–H and O–H groups in total. The van der Waals surface area contributed by atoms with Gasteiger partial charge in [-0.15, -0.1) is 34.2 Å². The molecule has 1 aromatic carbocycles. The summed E-state index contributed by atoms with van der Waals surface area (Å²) in [6, 6.07) is 3.32. The van der Waals surface area contributed by atoms with Crippen molar-refractivity contribution in [1.29, 1.82) is 0 Å². The van der Waals surface area contributed by atoms with Crippen molar-refractivity contribution in [2.75, 3.05) is 6.54 Å². The Hall–Kier alpha value is -1.78. The van der Waals surface area contributed by atoms with E-state index in [9.17, 15) is 8.78 Å². The summed E-state index contributed by atoms with van der Waals surface area (Å²) in [7, 11) is 1.84. The van der Waals surface area contributed by atoms with E-state index in [0.717, 1.165) is 24.0 Å². The van der Waals surface area contributed by atoms with Gasteiger partial charge >= 0.3 is 0 Å². The van der Waals surface area contributed by atoms with Crippen LogP contribution >= 0.6 is 24.0 Å². The first kappa shape index (κ1) is 19.3. The fourth-order valence-electron chi connectivity index (χ4n) is 1.80. The van der Waals surface area contributed by atoms with E-state index in [0.29, 0.717) is 19.0 Å². The van der Waals surface area contributed by atoms with E-state index in [1.54, 1.807) is 10.9 Å². The molecule has 1 heterocycles. The first-order chi connectivity index (χ1) is 10.6. The van der Waals surface area contributed by atoms with Gasteiger partial charge in [-0.3, -0.25) is 0 Å². The first-order valence-electron chi connectivity index (χ1n) is 6.89. The number of rotatable bonds is 5. The zero-order chi connectivity index (χ0) is 15.9. The number of halogens is 3. The Kier molecular flexibility index (Phi) is 7.86. The second-order valence-corrected chi connectivity index (χ2v) is 4.64. The molecular weight excluding hydrogens is 417 g/mol. The van der Waals surface area contributed by atoms with Gasteiger partial charge in [0.15, 0.2) is 11.8 Å². The summed E-state index contributed by atoms with van der Waals surface area (Å²) < 4.78 is 28.5. The normalized spacial score (nSPS) is 11.0. The van der Waals surface area contributed by atoms with Crippen LogP contribution in [-0.4, -0.2) is 27.3 Å². The number of aryl methyl sites for hydroxylation is 1. The van der Waals surface area contributed by atoms with Gasteiger partial charge in [0.25, 0.3) is 0 Å². The largest absolute Gasteiger partial charge is 0.357 e. The predicted molar refractivity (Wildman–Crippen MR) is 94.4 cm³/mol. The van der Waals surface area contributed by atoms with E-state index >= 15 is 0 Å². The van der Waals surface area contributed by atoms with Crippen LogP contribution in [0.4, 0.5) is 8.78 Å². The third-order valence-electron chi connectivity index (χ3n) is 2.98. The van der Waals surface area contributed by atoms with Gasteiger partial charge in [-0.25, -0.2) is 13.8 Å². The third-order valence-corrected chi connectivity index (χ3v) is 2.98. The van der Waals surface area contributed by atoms with Gasteiger partial charge in [-0.2, -0.15) is 0 Å². The standard InChI is InChI=1S/C14H18F2N6.HI/c1-3-17-14(19-8-13-21-20-9-22(13)2)18-7-10-6-11(15)4-5-12(10)16;/h4-6,9H,3,7-8H2,1-2H3,(H2,17,18,19);1H. The van der Waals surface area contributed by atoms with Crippen LogP contribution in [0.1, 0.15) is 18.3 Å². The van der Waals surface area contributed by atoms with E-state index in [1.807, 2.05) is 14.0 Å². The summed E-state index contributed by atoms with van der Waals surface area (Å²) in [4.78, 5) is 4.25. The number of hydrogen-bond donors (Lipinski definition) is 2. The van der Waals surface area contributed by atoms with Crippen molar-refractivity contribution < 1.29 is 8.78 Å². The number of benzene rings is 1. The number of hydrogen-bond acceptors (Lipinski definition) is 3. The minimum absolute atomic E-state index is 0. The fraction of sp³-hybridized carbons (Fsp3) is 0.357. The molecule has 0 fully saturated rings. The Morgan fingerprint density at radius 1 is 1.30 bits per heavy atom. The summed E-state index contributed by atoms with van der Waals surface area (Å²) in [6.07, 6.45) is 1.60. The van der Waals surface area contributed by atoms with Crippen LogP contribution in [0.5, 0.6) is 0 Å². The van der Waals surface area contributed by atoms with Crippen LogP contribution in [0.3, 0.4) is 0 Å². The molecule has 0 bridgehead atoms. The molecule has 2 aromatic rings. The second kappa shape index (κ2) is 9.38. The molecule has 1 aromatic heterocycles. The molecule has 0 aliphatic heterocycles. The van der Waals surface area contributed by atoms with Gasteiger partial charge in [-0.1, -0.05) is 0 Å². The van der Waals surface area contributed by atoms with Crippen molar-refractivity contribution >= 4 is 29.9 Å². The van der Waals surface area contributed by atoms with Crippen molar-refractivity contribution in [2.45, 2.75) is 20.0 Å². The van der Waals surface area contributed by atoms with E-state index in [4.69, 9.17) is 0 Å². The molecule has 0 saturated carbocycles. The van der Waals surface area contributed by atoms with Gasteiger partial charge in [-0.05, 0) is 25.1 Å². The van der Waals surface area contributed by atoms with Crippen molar-refractivity contribution in [3.05, 3.63) is 47.5 Å². The van der Waals surface area contributed by atoms with Crippen molar-refractivity contribution in [2.24, 2.45) is 12.0 Å². The highest BCUT2D eigenvalue weighted by Gasteiger charge is 2.05. The monoisotopic (exact) mass is 436 g/mol. The number of aliphatic imine (C=N–C) groups is 1. The SMILES string of the molecule is CCNC(=NCc1cc(F)ccc1F)NCc1nncn1C.I. The minimum Gasteiger partial charge on any atom is -0.357 e. The minimum atomic E-state index is -0.483. The highest BCUT2D eigenvalue weighted by Crippen LogP contribution is 2.10. The third kappa shape index (κ3) is 5.73. The van der Waals surface area contributed by atoms with Crippen LogP contribution in [0.25, 0.3) is 0 Å². The highest BCUT2D eigenvalue weighted by atomic mass is 127. The van der Waals surface area contributed by atoms with Gasteiger partial charge < -0.3 is 15.2 Å². The molecule has 0 unspecified atom stereocenters. The maximum Gasteiger partial charge on any atom is 0.191 e. The molecule has 0 aliphatic carbocycles. The smallest absolute Gasteiger partial charge is 0.191 e. The summed E-state index contributed by atoms with van der Waals surface area (Å²) >= 11 is 0. The summed E-state index contributed by atoms with van der Waals surface area (Å²) in [6.45, 7) is 3.03. The lowest BCUT2D eigenvalue weighted by atomic mass is 10.2. The van der Waals surface area contributed by atoms with Crippen LogP contribution in [0.2, 0.25) is 0 Å². The number of nitrogens with one attached hydrogen (secondary N) is 2. The van der Waals surface area contributed by atoms with E-state index < -0.39 is 11.6 Å². The first-order valence-corrected chi connectivity index (χ1v) is 6.89. The topological polar surface area (TPSA) is 67.1 Å².